The SMILES string of the molecule is CCOC(=O)/C(C#N)=C/C1=C(Cl)c2c(C)nn(-c3ccccc3)c2CC1. The fourth-order valence-electron chi connectivity index (χ4n) is 3.05. The monoisotopic (exact) mass is 367 g/mol. The predicted octanol–water partition coefficient (Wildman–Crippen LogP) is 4.09. The fraction of sp³-hybridized carbons (Fsp3) is 0.250. The molecule has 0 N–H and O–H groups in total. The summed E-state index contributed by atoms with van der Waals surface area (Å²) >= 11 is 6.62. The Hall–Kier alpha value is -2.84. The summed E-state index contributed by atoms with van der Waals surface area (Å²) in [5.41, 5.74) is 4.40. The minimum Gasteiger partial charge on any atom is -0.462 e. The quantitative estimate of drug-likeness (QED) is 0.463. The first-order valence-electron chi connectivity index (χ1n) is 8.38. The molecule has 3 rings (SSSR count). The van der Waals surface area contributed by atoms with Crippen molar-refractivity contribution in [2.24, 2.45) is 0 Å². The molecule has 0 saturated heterocycles. The van der Waals surface area contributed by atoms with Crippen molar-refractivity contribution in [3.05, 3.63) is 64.5 Å². The van der Waals surface area contributed by atoms with Crippen LogP contribution >= 0.6 is 11.6 Å². The number of carbonyl (C=O) groups excluding carboxylic acids is 1. The van der Waals surface area contributed by atoms with Crippen LogP contribution in [0.3, 0.4) is 0 Å². The Morgan fingerprint density at radius 1 is 1.38 bits per heavy atom. The molecule has 0 fully saturated rings. The van der Waals surface area contributed by atoms with Gasteiger partial charge >= 0.3 is 5.97 Å². The molecule has 1 aliphatic rings. The number of benzene rings is 1. The number of rotatable bonds is 4. The van der Waals surface area contributed by atoms with Gasteiger partial charge in [-0.05, 0) is 50.5 Å². The Morgan fingerprint density at radius 3 is 2.77 bits per heavy atom. The Balaban J connectivity index is 2.06. The van der Waals surface area contributed by atoms with Crippen LogP contribution in [0.2, 0.25) is 0 Å². The maximum Gasteiger partial charge on any atom is 0.348 e. The van der Waals surface area contributed by atoms with Gasteiger partial charge in [-0.1, -0.05) is 29.8 Å². The number of aryl methyl sites for hydroxylation is 1. The molecule has 1 aromatic carbocycles. The molecular formula is C20H18ClN3O2. The van der Waals surface area contributed by atoms with Crippen molar-refractivity contribution in [3.8, 4) is 11.8 Å². The summed E-state index contributed by atoms with van der Waals surface area (Å²) in [5.74, 6) is -0.630. The van der Waals surface area contributed by atoms with Crippen LogP contribution in [0, 0.1) is 18.3 Å². The zero-order valence-corrected chi connectivity index (χ0v) is 15.4. The van der Waals surface area contributed by atoms with Crippen molar-refractivity contribution in [1.29, 1.82) is 5.26 Å². The molecule has 0 atom stereocenters. The summed E-state index contributed by atoms with van der Waals surface area (Å²) in [6.45, 7) is 3.83. The van der Waals surface area contributed by atoms with Gasteiger partial charge in [0.25, 0.3) is 0 Å². The van der Waals surface area contributed by atoms with Crippen LogP contribution in [0.4, 0.5) is 0 Å². The number of allylic oxidation sites excluding steroid dienone is 2. The summed E-state index contributed by atoms with van der Waals surface area (Å²) in [6, 6.07) is 11.8. The third-order valence-electron chi connectivity index (χ3n) is 4.22. The molecule has 0 amide bonds. The predicted molar refractivity (Wildman–Crippen MR) is 99.7 cm³/mol. The average Bonchev–Trinajstić information content (AvgIpc) is 2.99. The van der Waals surface area contributed by atoms with E-state index in [0.29, 0.717) is 17.9 Å². The number of ether oxygens (including phenoxy) is 1. The minimum absolute atomic E-state index is 0.0449. The molecule has 0 radical (unpaired) electrons. The Labute approximate surface area is 157 Å². The van der Waals surface area contributed by atoms with E-state index in [1.807, 2.05) is 48.0 Å². The second-order valence-corrected chi connectivity index (χ2v) is 6.26. The molecule has 1 aliphatic carbocycles. The smallest absolute Gasteiger partial charge is 0.348 e. The number of esters is 1. The fourth-order valence-corrected chi connectivity index (χ4v) is 3.45. The molecule has 26 heavy (non-hydrogen) atoms. The Bertz CT molecular complexity index is 949. The van der Waals surface area contributed by atoms with Gasteiger partial charge in [-0.15, -0.1) is 0 Å². The second kappa shape index (κ2) is 7.59. The van der Waals surface area contributed by atoms with Gasteiger partial charge < -0.3 is 4.74 Å². The molecule has 1 heterocycles. The van der Waals surface area contributed by atoms with Gasteiger partial charge in [0.1, 0.15) is 11.6 Å². The lowest BCUT2D eigenvalue weighted by atomic mass is 9.94. The maximum absolute atomic E-state index is 11.9. The lowest BCUT2D eigenvalue weighted by Crippen LogP contribution is -2.09. The summed E-state index contributed by atoms with van der Waals surface area (Å²) in [5, 5.41) is 14.4. The normalized spacial score (nSPS) is 14.0. The number of hydrogen-bond donors (Lipinski definition) is 0. The van der Waals surface area contributed by atoms with Crippen LogP contribution < -0.4 is 0 Å². The Kier molecular flexibility index (Phi) is 5.24. The highest BCUT2D eigenvalue weighted by Gasteiger charge is 2.25. The van der Waals surface area contributed by atoms with Gasteiger partial charge in [0.15, 0.2) is 0 Å². The first kappa shape index (κ1) is 18.0. The lowest BCUT2D eigenvalue weighted by molar-refractivity contribution is -0.138. The van der Waals surface area contributed by atoms with Gasteiger partial charge in [-0.3, -0.25) is 0 Å². The summed E-state index contributed by atoms with van der Waals surface area (Å²) in [6.07, 6.45) is 2.87. The van der Waals surface area contributed by atoms with Crippen molar-refractivity contribution < 1.29 is 9.53 Å². The molecule has 0 saturated carbocycles. The van der Waals surface area contributed by atoms with E-state index < -0.39 is 5.97 Å². The highest BCUT2D eigenvalue weighted by molar-refractivity contribution is 6.50. The van der Waals surface area contributed by atoms with Crippen LogP contribution in [0.1, 0.15) is 30.3 Å². The third kappa shape index (κ3) is 3.29. The van der Waals surface area contributed by atoms with E-state index in [1.165, 1.54) is 6.08 Å². The van der Waals surface area contributed by atoms with Crippen LogP contribution in [-0.4, -0.2) is 22.4 Å². The molecule has 132 valence electrons. The molecule has 2 aromatic rings. The number of halogens is 1. The lowest BCUT2D eigenvalue weighted by Gasteiger charge is -2.17. The molecule has 0 spiro atoms. The second-order valence-electron chi connectivity index (χ2n) is 5.88. The summed E-state index contributed by atoms with van der Waals surface area (Å²) < 4.78 is 6.82. The molecule has 0 unspecified atom stereocenters. The van der Waals surface area contributed by atoms with Crippen molar-refractivity contribution in [2.75, 3.05) is 6.61 Å². The first-order valence-corrected chi connectivity index (χ1v) is 8.76. The number of carbonyl (C=O) groups is 1. The van der Waals surface area contributed by atoms with Crippen molar-refractivity contribution in [2.45, 2.75) is 26.7 Å². The first-order chi connectivity index (χ1) is 12.6. The van der Waals surface area contributed by atoms with Crippen LogP contribution in [0.15, 0.2) is 47.6 Å². The highest BCUT2D eigenvalue weighted by Crippen LogP contribution is 2.38. The topological polar surface area (TPSA) is 67.9 Å². The van der Waals surface area contributed by atoms with Gasteiger partial charge in [0.05, 0.1) is 28.7 Å². The summed E-state index contributed by atoms with van der Waals surface area (Å²) in [7, 11) is 0. The number of fused-ring (bicyclic) bond motifs is 1. The van der Waals surface area contributed by atoms with E-state index in [4.69, 9.17) is 16.3 Å². The van der Waals surface area contributed by atoms with Crippen LogP contribution in [-0.2, 0) is 16.0 Å². The van der Waals surface area contributed by atoms with E-state index >= 15 is 0 Å². The molecular weight excluding hydrogens is 350 g/mol. The van der Waals surface area contributed by atoms with E-state index in [-0.39, 0.29) is 12.2 Å². The number of nitrogens with zero attached hydrogens (tertiary/aromatic N) is 3. The largest absolute Gasteiger partial charge is 0.462 e. The minimum atomic E-state index is -0.630. The van der Waals surface area contributed by atoms with Gasteiger partial charge in [0.2, 0.25) is 0 Å². The van der Waals surface area contributed by atoms with E-state index in [1.54, 1.807) is 6.92 Å². The molecule has 1 aromatic heterocycles. The van der Waals surface area contributed by atoms with Crippen molar-refractivity contribution in [1.82, 2.24) is 9.78 Å². The van der Waals surface area contributed by atoms with Crippen molar-refractivity contribution >= 4 is 22.6 Å². The maximum atomic E-state index is 11.9. The van der Waals surface area contributed by atoms with E-state index in [0.717, 1.165) is 28.2 Å². The van der Waals surface area contributed by atoms with Gasteiger partial charge in [-0.25, -0.2) is 9.48 Å². The third-order valence-corrected chi connectivity index (χ3v) is 4.66. The van der Waals surface area contributed by atoms with Crippen LogP contribution in [0.5, 0.6) is 0 Å². The summed E-state index contributed by atoms with van der Waals surface area (Å²) in [4.78, 5) is 11.9. The zero-order chi connectivity index (χ0) is 18.7. The van der Waals surface area contributed by atoms with Gasteiger partial charge in [0, 0.05) is 5.56 Å². The van der Waals surface area contributed by atoms with E-state index in [2.05, 4.69) is 5.10 Å². The van der Waals surface area contributed by atoms with E-state index in [9.17, 15) is 10.1 Å². The molecule has 5 nitrogen and oxygen atoms in total. The molecule has 6 heteroatoms. The molecule has 0 aliphatic heterocycles. The van der Waals surface area contributed by atoms with Crippen molar-refractivity contribution in [3.63, 3.8) is 0 Å². The number of nitriles is 1. The standard InChI is InChI=1S/C20H18ClN3O2/c1-3-26-20(25)15(12-22)11-14-9-10-17-18(19(14)21)13(2)23-24(17)16-7-5-4-6-8-16/h4-8,11H,3,9-10H2,1-2H3/b15-11+. The zero-order valence-electron chi connectivity index (χ0n) is 14.6. The number of para-hydroxylation sites is 1. The molecule has 0 bridgehead atoms. The number of aromatic nitrogens is 2. The van der Waals surface area contributed by atoms with Crippen LogP contribution in [0.25, 0.3) is 10.7 Å². The average molecular weight is 368 g/mol. The Morgan fingerprint density at radius 2 is 2.12 bits per heavy atom. The van der Waals surface area contributed by atoms with Gasteiger partial charge in [-0.2, -0.15) is 10.4 Å². The highest BCUT2D eigenvalue weighted by atomic mass is 35.5. The number of hydrogen-bond acceptors (Lipinski definition) is 4.